The lowest BCUT2D eigenvalue weighted by atomic mass is 9.82. The molecule has 1 amide bonds. The normalized spacial score (nSPS) is 21.0. The number of benzene rings is 2. The molecule has 1 aliphatic carbocycles. The Morgan fingerprint density at radius 1 is 1.13 bits per heavy atom. The highest BCUT2D eigenvalue weighted by molar-refractivity contribution is 6.42. The summed E-state index contributed by atoms with van der Waals surface area (Å²) in [5.74, 6) is 0.287. The molecule has 2 atom stereocenters. The third-order valence-electron chi connectivity index (χ3n) is 6.28. The minimum Gasteiger partial charge on any atom is -0.508 e. The second kappa shape index (κ2) is 9.78. The van der Waals surface area contributed by atoms with Crippen molar-refractivity contribution in [3.63, 3.8) is 0 Å². The van der Waals surface area contributed by atoms with Gasteiger partial charge in [-0.05, 0) is 79.7 Å². The third kappa shape index (κ3) is 4.72. The van der Waals surface area contributed by atoms with Gasteiger partial charge in [0.05, 0.1) is 22.5 Å². The van der Waals surface area contributed by atoms with Crippen molar-refractivity contribution >= 4 is 41.5 Å². The van der Waals surface area contributed by atoms with E-state index in [2.05, 4.69) is 4.90 Å². The molecular formula is C23H27Cl3N2O2. The monoisotopic (exact) mass is 468 g/mol. The average Bonchev–Trinajstić information content (AvgIpc) is 3.24. The number of halogens is 3. The smallest absolute Gasteiger partial charge is 0.227 e. The summed E-state index contributed by atoms with van der Waals surface area (Å²) < 4.78 is 0. The summed E-state index contributed by atoms with van der Waals surface area (Å²) in [6.45, 7) is 2.15. The van der Waals surface area contributed by atoms with Crippen LogP contribution in [0.4, 0.5) is 0 Å². The van der Waals surface area contributed by atoms with Crippen LogP contribution in [0, 0.1) is 0 Å². The molecule has 0 bridgehead atoms. The largest absolute Gasteiger partial charge is 0.508 e. The number of likely N-dealkylation sites (N-methyl/N-ethyl adjacent to an activating group) is 1. The van der Waals surface area contributed by atoms with Crippen molar-refractivity contribution in [2.24, 2.45) is 0 Å². The summed E-state index contributed by atoms with van der Waals surface area (Å²) in [6.07, 6.45) is 4.67. The van der Waals surface area contributed by atoms with Gasteiger partial charge in [-0.3, -0.25) is 9.69 Å². The van der Waals surface area contributed by atoms with Crippen molar-refractivity contribution in [2.75, 3.05) is 20.1 Å². The standard InChI is InChI=1S/C23H26Cl2N2O2.ClH/c1-26(22(29)13-15-4-8-19(24)20(25)12-15)23-18-14-17(28)7-5-16(18)6-9-21(23)27-10-2-3-11-27;/h4-5,7-8,12,14,21,23,28H,2-3,6,9-11,13H2,1H3;1H/t21-,23-;/m0./s1. The maximum Gasteiger partial charge on any atom is 0.227 e. The van der Waals surface area contributed by atoms with Crippen LogP contribution in [-0.2, 0) is 17.6 Å². The van der Waals surface area contributed by atoms with Crippen LogP contribution in [0.1, 0.15) is 42.0 Å². The molecule has 0 radical (unpaired) electrons. The van der Waals surface area contributed by atoms with Gasteiger partial charge in [0.1, 0.15) is 5.75 Å². The third-order valence-corrected chi connectivity index (χ3v) is 7.02. The van der Waals surface area contributed by atoms with Gasteiger partial charge in [0.25, 0.3) is 0 Å². The number of phenolic OH excluding ortho intramolecular Hbond substituents is 1. The van der Waals surface area contributed by atoms with E-state index in [1.54, 1.807) is 18.2 Å². The highest BCUT2D eigenvalue weighted by Gasteiger charge is 2.38. The maximum absolute atomic E-state index is 13.2. The summed E-state index contributed by atoms with van der Waals surface area (Å²) in [4.78, 5) is 17.6. The number of aromatic hydroxyl groups is 1. The number of amides is 1. The Balaban J connectivity index is 0.00000256. The topological polar surface area (TPSA) is 43.8 Å². The first-order valence-electron chi connectivity index (χ1n) is 10.2. The quantitative estimate of drug-likeness (QED) is 0.663. The predicted molar refractivity (Wildman–Crippen MR) is 124 cm³/mol. The van der Waals surface area contributed by atoms with E-state index in [0.717, 1.165) is 37.1 Å². The van der Waals surface area contributed by atoms with Gasteiger partial charge in [-0.1, -0.05) is 35.3 Å². The van der Waals surface area contributed by atoms with Gasteiger partial charge in [0, 0.05) is 13.1 Å². The zero-order chi connectivity index (χ0) is 20.5. The molecule has 1 aliphatic heterocycles. The second-order valence-electron chi connectivity index (χ2n) is 8.11. The highest BCUT2D eigenvalue weighted by atomic mass is 35.5. The molecule has 0 unspecified atom stereocenters. The van der Waals surface area contributed by atoms with Gasteiger partial charge in [-0.25, -0.2) is 0 Å². The Hall–Kier alpha value is -1.46. The number of aryl methyl sites for hydroxylation is 1. The van der Waals surface area contributed by atoms with Crippen molar-refractivity contribution in [1.82, 2.24) is 9.80 Å². The van der Waals surface area contributed by atoms with E-state index in [9.17, 15) is 9.90 Å². The molecule has 0 spiro atoms. The summed E-state index contributed by atoms with van der Waals surface area (Å²) >= 11 is 12.1. The van der Waals surface area contributed by atoms with Crippen molar-refractivity contribution in [3.05, 3.63) is 63.1 Å². The number of carbonyl (C=O) groups is 1. The summed E-state index contributed by atoms with van der Waals surface area (Å²) in [7, 11) is 1.88. The van der Waals surface area contributed by atoms with Crippen LogP contribution in [0.2, 0.25) is 10.0 Å². The molecule has 30 heavy (non-hydrogen) atoms. The summed E-state index contributed by atoms with van der Waals surface area (Å²) in [5, 5.41) is 11.1. The van der Waals surface area contributed by atoms with E-state index in [-0.39, 0.29) is 42.6 Å². The molecule has 4 rings (SSSR count). The lowest BCUT2D eigenvalue weighted by molar-refractivity contribution is -0.133. The van der Waals surface area contributed by atoms with Gasteiger partial charge >= 0.3 is 0 Å². The first-order chi connectivity index (χ1) is 13.9. The molecule has 1 heterocycles. The Morgan fingerprint density at radius 2 is 1.87 bits per heavy atom. The first-order valence-corrected chi connectivity index (χ1v) is 10.9. The van der Waals surface area contributed by atoms with Crippen molar-refractivity contribution in [3.8, 4) is 5.75 Å². The van der Waals surface area contributed by atoms with Crippen LogP contribution in [0.5, 0.6) is 5.75 Å². The van der Waals surface area contributed by atoms with E-state index < -0.39 is 0 Å². The van der Waals surface area contributed by atoms with E-state index in [1.807, 2.05) is 30.1 Å². The summed E-state index contributed by atoms with van der Waals surface area (Å²) in [6, 6.07) is 11.1. The van der Waals surface area contributed by atoms with Crippen molar-refractivity contribution < 1.29 is 9.90 Å². The number of fused-ring (bicyclic) bond motifs is 1. The number of nitrogens with zero attached hydrogens (tertiary/aromatic N) is 2. The molecule has 0 aromatic heterocycles. The number of phenols is 1. The van der Waals surface area contributed by atoms with Gasteiger partial charge in [-0.15, -0.1) is 12.4 Å². The fourth-order valence-electron chi connectivity index (χ4n) is 4.78. The highest BCUT2D eigenvalue weighted by Crippen LogP contribution is 2.39. The molecule has 2 aromatic carbocycles. The molecule has 1 saturated heterocycles. The molecule has 0 saturated carbocycles. The molecule has 1 fully saturated rings. The van der Waals surface area contributed by atoms with E-state index >= 15 is 0 Å². The maximum atomic E-state index is 13.2. The fourth-order valence-corrected chi connectivity index (χ4v) is 5.10. The minimum absolute atomic E-state index is 0. The zero-order valence-corrected chi connectivity index (χ0v) is 19.3. The zero-order valence-electron chi connectivity index (χ0n) is 17.0. The Kier molecular flexibility index (Phi) is 7.56. The molecule has 7 heteroatoms. The molecule has 1 N–H and O–H groups in total. The number of carbonyl (C=O) groups excluding carboxylic acids is 1. The molecular weight excluding hydrogens is 443 g/mol. The number of hydrogen-bond donors (Lipinski definition) is 1. The van der Waals surface area contributed by atoms with Crippen LogP contribution in [0.15, 0.2) is 36.4 Å². The molecule has 2 aliphatic rings. The van der Waals surface area contributed by atoms with E-state index in [1.165, 1.54) is 18.4 Å². The minimum atomic E-state index is -0.0702. The summed E-state index contributed by atoms with van der Waals surface area (Å²) in [5.41, 5.74) is 3.14. The Bertz CT molecular complexity index is 915. The van der Waals surface area contributed by atoms with Crippen molar-refractivity contribution in [1.29, 1.82) is 0 Å². The van der Waals surface area contributed by atoms with Gasteiger partial charge in [0.2, 0.25) is 5.91 Å². The number of rotatable bonds is 4. The van der Waals surface area contributed by atoms with Crippen LogP contribution in [0.25, 0.3) is 0 Å². The van der Waals surface area contributed by atoms with Gasteiger partial charge in [0.15, 0.2) is 0 Å². The lowest BCUT2D eigenvalue weighted by Gasteiger charge is -2.43. The number of hydrogen-bond acceptors (Lipinski definition) is 3. The lowest BCUT2D eigenvalue weighted by Crippen LogP contribution is -2.48. The van der Waals surface area contributed by atoms with E-state index in [0.29, 0.717) is 10.0 Å². The SMILES string of the molecule is CN(C(=O)Cc1ccc(Cl)c(Cl)c1)[C@H]1c2cc(O)ccc2CC[C@@H]1N1CCCC1.Cl. The molecule has 162 valence electrons. The van der Waals surface area contributed by atoms with Crippen LogP contribution < -0.4 is 0 Å². The molecule has 2 aromatic rings. The Morgan fingerprint density at radius 3 is 2.57 bits per heavy atom. The van der Waals surface area contributed by atoms with Crippen LogP contribution in [-0.4, -0.2) is 47.0 Å². The predicted octanol–water partition coefficient (Wildman–Crippen LogP) is 5.27. The van der Waals surface area contributed by atoms with Crippen LogP contribution >= 0.6 is 35.6 Å². The molecule has 4 nitrogen and oxygen atoms in total. The Labute approximate surface area is 194 Å². The van der Waals surface area contributed by atoms with Gasteiger partial charge < -0.3 is 10.0 Å². The van der Waals surface area contributed by atoms with E-state index in [4.69, 9.17) is 23.2 Å². The number of likely N-dealkylation sites (tertiary alicyclic amines) is 1. The van der Waals surface area contributed by atoms with Crippen molar-refractivity contribution in [2.45, 2.75) is 44.2 Å². The van der Waals surface area contributed by atoms with Gasteiger partial charge in [-0.2, -0.15) is 0 Å². The second-order valence-corrected chi connectivity index (χ2v) is 8.92. The fraction of sp³-hybridized carbons (Fsp3) is 0.435. The average molecular weight is 470 g/mol. The van der Waals surface area contributed by atoms with Crippen LogP contribution in [0.3, 0.4) is 0 Å². The first kappa shape index (κ1) is 23.2.